The van der Waals surface area contributed by atoms with Gasteiger partial charge in [0.2, 0.25) is 17.8 Å². The molecule has 35 heavy (non-hydrogen) atoms. The lowest BCUT2D eigenvalue weighted by Gasteiger charge is -2.16. The monoisotopic (exact) mass is 478 g/mol. The summed E-state index contributed by atoms with van der Waals surface area (Å²) in [4.78, 5) is 45.7. The Morgan fingerprint density at radius 1 is 1.06 bits per heavy atom. The predicted octanol–water partition coefficient (Wildman–Crippen LogP) is 1.09. The Kier molecular flexibility index (Phi) is 9.70. The highest BCUT2D eigenvalue weighted by Gasteiger charge is 2.17. The second-order valence-corrected chi connectivity index (χ2v) is 8.13. The number of likely N-dealkylation sites (tertiary alicyclic amines) is 1. The molecule has 1 fully saturated rings. The molecule has 11 nitrogen and oxygen atoms in total. The Labute approximate surface area is 206 Å². The van der Waals surface area contributed by atoms with Crippen molar-refractivity contribution in [1.82, 2.24) is 25.5 Å². The molecule has 0 unspecified atom stereocenters. The van der Waals surface area contributed by atoms with Gasteiger partial charge in [-0.25, -0.2) is 9.78 Å². The number of nitrogens with one attached hydrogen (secondary N) is 5. The number of rotatable bonds is 11. The third-order valence-electron chi connectivity index (χ3n) is 5.41. The number of amides is 4. The molecule has 0 bridgehead atoms. The van der Waals surface area contributed by atoms with E-state index >= 15 is 0 Å². The first kappa shape index (κ1) is 25.8. The summed E-state index contributed by atoms with van der Waals surface area (Å²) >= 11 is 0. The first-order chi connectivity index (χ1) is 16.9. The normalized spacial score (nSPS) is 12.7. The van der Waals surface area contributed by atoms with E-state index in [1.807, 2.05) is 24.3 Å². The van der Waals surface area contributed by atoms with Gasteiger partial charge in [0.1, 0.15) is 13.7 Å². The van der Waals surface area contributed by atoms with Gasteiger partial charge in [-0.15, -0.1) is 0 Å². The lowest BCUT2D eigenvalue weighted by molar-refractivity contribution is -0.126. The third-order valence-corrected chi connectivity index (χ3v) is 5.41. The Morgan fingerprint density at radius 2 is 1.80 bits per heavy atom. The maximum atomic E-state index is 12.3. The van der Waals surface area contributed by atoms with Crippen molar-refractivity contribution in [2.45, 2.75) is 32.1 Å². The average molecular weight is 478 g/mol. The van der Waals surface area contributed by atoms with E-state index in [1.54, 1.807) is 11.9 Å². The number of anilines is 4. The minimum Gasteiger partial charge on any atom is -0.370 e. The molecule has 0 aliphatic carbocycles. The minimum absolute atomic E-state index is 0.0995. The quantitative estimate of drug-likeness (QED) is 0.241. The van der Waals surface area contributed by atoms with Crippen LogP contribution in [0.25, 0.3) is 0 Å². The summed E-state index contributed by atoms with van der Waals surface area (Å²) in [5.41, 5.74) is 1.80. The number of aromatic nitrogens is 2. The van der Waals surface area contributed by atoms with Gasteiger partial charge in [0.05, 0.1) is 0 Å². The summed E-state index contributed by atoms with van der Waals surface area (Å²) in [5, 5.41) is 14.5. The largest absolute Gasteiger partial charge is 0.370 e. The first-order valence-corrected chi connectivity index (χ1v) is 11.7. The van der Waals surface area contributed by atoms with Crippen LogP contribution >= 0.6 is 0 Å². The van der Waals surface area contributed by atoms with E-state index in [9.17, 15) is 14.4 Å². The summed E-state index contributed by atoms with van der Waals surface area (Å²) in [7, 11) is 7.53. The van der Waals surface area contributed by atoms with Crippen LogP contribution in [0.3, 0.4) is 0 Å². The van der Waals surface area contributed by atoms with Crippen LogP contribution in [-0.4, -0.2) is 73.8 Å². The first-order valence-electron chi connectivity index (χ1n) is 11.7. The summed E-state index contributed by atoms with van der Waals surface area (Å²) < 4.78 is 0. The average Bonchev–Trinajstić information content (AvgIpc) is 3.40. The highest BCUT2D eigenvalue weighted by atomic mass is 16.2. The molecule has 0 saturated carbocycles. The highest BCUT2D eigenvalue weighted by Crippen LogP contribution is 2.19. The summed E-state index contributed by atoms with van der Waals surface area (Å²) in [5.74, 6) is 0.503. The summed E-state index contributed by atoms with van der Waals surface area (Å²) in [6.07, 6.45) is 4.56. The van der Waals surface area contributed by atoms with Crippen LogP contribution in [0.5, 0.6) is 0 Å². The molecule has 0 spiro atoms. The summed E-state index contributed by atoms with van der Waals surface area (Å²) in [6.45, 7) is 2.56. The van der Waals surface area contributed by atoms with Crippen molar-refractivity contribution in [1.29, 1.82) is 0 Å². The second-order valence-electron chi connectivity index (χ2n) is 8.13. The van der Waals surface area contributed by atoms with E-state index in [4.69, 9.17) is 7.85 Å². The number of carbonyl (C=O) groups excluding carboxylic acids is 3. The molecular formula is C23H31BN8O3. The molecule has 1 aromatic carbocycles. The Hall–Kier alpha value is -3.83. The molecule has 4 amide bonds. The van der Waals surface area contributed by atoms with Crippen molar-refractivity contribution in [2.24, 2.45) is 0 Å². The molecule has 0 atom stereocenters. The zero-order valence-corrected chi connectivity index (χ0v) is 19.9. The van der Waals surface area contributed by atoms with Crippen LogP contribution < -0.4 is 32.0 Å². The summed E-state index contributed by atoms with van der Waals surface area (Å²) in [6, 6.07) is 7.23. The molecule has 1 aliphatic rings. The standard InChI is InChI=1S/C23H31BN8O3/c1-25-19(33)8-9-20(34)26-10-5-11-27-21-18(24)15-28-22(31-21)29-16-6-4-7-17(14-16)30-23(35)32-12-2-3-13-32/h4,6-7,14-15H,2-3,5,8-13H2,1H3,(H,25,33)(H,26,34)(H,30,35)(H2,27,28,29,31). The van der Waals surface area contributed by atoms with Crippen LogP contribution in [0.4, 0.5) is 27.9 Å². The molecule has 3 rings (SSSR count). The van der Waals surface area contributed by atoms with Gasteiger partial charge in [-0.2, -0.15) is 4.98 Å². The molecule has 2 aromatic rings. The molecule has 2 heterocycles. The van der Waals surface area contributed by atoms with Crippen LogP contribution in [-0.2, 0) is 9.59 Å². The van der Waals surface area contributed by atoms with Crippen LogP contribution in [0.2, 0.25) is 0 Å². The third kappa shape index (κ3) is 8.47. The van der Waals surface area contributed by atoms with Gasteiger partial charge in [-0.3, -0.25) is 9.59 Å². The van der Waals surface area contributed by atoms with Crippen molar-refractivity contribution >= 4 is 54.3 Å². The molecule has 2 radical (unpaired) electrons. The zero-order valence-electron chi connectivity index (χ0n) is 19.9. The fourth-order valence-electron chi connectivity index (χ4n) is 3.48. The highest BCUT2D eigenvalue weighted by molar-refractivity contribution is 6.35. The molecule has 12 heteroatoms. The van der Waals surface area contributed by atoms with E-state index in [1.165, 1.54) is 6.20 Å². The number of carbonyl (C=O) groups is 3. The minimum atomic E-state index is -0.166. The van der Waals surface area contributed by atoms with E-state index in [0.29, 0.717) is 42.4 Å². The van der Waals surface area contributed by atoms with E-state index < -0.39 is 0 Å². The fraction of sp³-hybridized carbons (Fsp3) is 0.435. The van der Waals surface area contributed by atoms with Crippen LogP contribution in [0.15, 0.2) is 30.5 Å². The number of hydrogen-bond acceptors (Lipinski definition) is 7. The van der Waals surface area contributed by atoms with E-state index in [0.717, 1.165) is 31.6 Å². The van der Waals surface area contributed by atoms with Gasteiger partial charge >= 0.3 is 6.03 Å². The number of nitrogens with zero attached hydrogens (tertiary/aromatic N) is 3. The van der Waals surface area contributed by atoms with Gasteiger partial charge in [0.25, 0.3) is 0 Å². The van der Waals surface area contributed by atoms with Crippen molar-refractivity contribution in [3.8, 4) is 0 Å². The van der Waals surface area contributed by atoms with Crippen molar-refractivity contribution in [3.63, 3.8) is 0 Å². The van der Waals surface area contributed by atoms with Gasteiger partial charge < -0.3 is 31.5 Å². The topological polar surface area (TPSA) is 140 Å². The van der Waals surface area contributed by atoms with Gasteiger partial charge in [-0.05, 0) is 42.9 Å². The molecule has 184 valence electrons. The van der Waals surface area contributed by atoms with Crippen molar-refractivity contribution < 1.29 is 14.4 Å². The predicted molar refractivity (Wildman–Crippen MR) is 136 cm³/mol. The lowest BCUT2D eigenvalue weighted by Crippen LogP contribution is -2.32. The molecule has 5 N–H and O–H groups in total. The zero-order chi connectivity index (χ0) is 25.0. The van der Waals surface area contributed by atoms with Gasteiger partial charge in [0.15, 0.2) is 0 Å². The smallest absolute Gasteiger partial charge is 0.321 e. The second kappa shape index (κ2) is 13.2. The Balaban J connectivity index is 1.46. The molecule has 1 saturated heterocycles. The number of hydrogen-bond donors (Lipinski definition) is 5. The van der Waals surface area contributed by atoms with Crippen LogP contribution in [0, 0.1) is 0 Å². The van der Waals surface area contributed by atoms with Crippen molar-refractivity contribution in [3.05, 3.63) is 30.5 Å². The maximum Gasteiger partial charge on any atom is 0.321 e. The number of benzene rings is 1. The van der Waals surface area contributed by atoms with Crippen LogP contribution in [0.1, 0.15) is 32.1 Å². The SMILES string of the molecule is [B]c1cnc(Nc2cccc(NC(=O)N3CCCC3)c2)nc1NCCCNC(=O)CCC(=O)NC. The molecule has 1 aliphatic heterocycles. The lowest BCUT2D eigenvalue weighted by atomic mass is 9.99. The van der Waals surface area contributed by atoms with Crippen molar-refractivity contribution in [2.75, 3.05) is 49.2 Å². The van der Waals surface area contributed by atoms with E-state index in [2.05, 4.69) is 36.6 Å². The van der Waals surface area contributed by atoms with Gasteiger partial charge in [-0.1, -0.05) is 6.07 Å². The maximum absolute atomic E-state index is 12.3. The van der Waals surface area contributed by atoms with E-state index in [-0.39, 0.29) is 30.7 Å². The molecule has 1 aromatic heterocycles. The number of urea groups is 1. The van der Waals surface area contributed by atoms with Gasteiger partial charge in [0, 0.05) is 63.6 Å². The molecular weight excluding hydrogens is 447 g/mol. The Morgan fingerprint density at radius 3 is 2.57 bits per heavy atom. The fourth-order valence-corrected chi connectivity index (χ4v) is 3.48. The Bertz CT molecular complexity index is 1030.